The first-order valence-corrected chi connectivity index (χ1v) is 6.56. The first-order chi connectivity index (χ1) is 7.35. The Bertz CT molecular complexity index is 139. The molecule has 0 spiro atoms. The van der Waals surface area contributed by atoms with Gasteiger partial charge in [0.15, 0.2) is 0 Å². The molecule has 0 radical (unpaired) electrons. The third-order valence-corrected chi connectivity index (χ3v) is 2.92. The molecule has 1 aliphatic carbocycles. The maximum atomic E-state index is 5.21. The Labute approximate surface area is 96.0 Å². The Kier molecular flexibility index (Phi) is 8.07. The Morgan fingerprint density at radius 3 is 1.87 bits per heavy atom. The molecule has 0 amide bonds. The van der Waals surface area contributed by atoms with Crippen LogP contribution in [-0.4, -0.2) is 38.3 Å². The molecule has 2 fully saturated rings. The molecule has 1 saturated heterocycles. The van der Waals surface area contributed by atoms with Crippen molar-refractivity contribution in [2.24, 2.45) is 5.41 Å². The van der Waals surface area contributed by atoms with Gasteiger partial charge in [-0.1, -0.05) is 27.7 Å². The molecule has 2 aliphatic rings. The van der Waals surface area contributed by atoms with Gasteiger partial charge in [0, 0.05) is 19.1 Å². The van der Waals surface area contributed by atoms with Crippen LogP contribution in [0.4, 0.5) is 0 Å². The lowest BCUT2D eigenvalue weighted by atomic mass is 10.1. The third-order valence-electron chi connectivity index (χ3n) is 2.92. The number of ether oxygens (including phenoxy) is 1. The van der Waals surface area contributed by atoms with E-state index in [1.807, 2.05) is 34.8 Å². The number of rotatable bonds is 4. The van der Waals surface area contributed by atoms with Gasteiger partial charge in [0.25, 0.3) is 0 Å². The monoisotopic (exact) mass is 215 g/mol. The number of likely N-dealkylation sites (tertiary alicyclic amines) is 1. The van der Waals surface area contributed by atoms with Crippen LogP contribution in [0.15, 0.2) is 0 Å². The molecule has 1 aliphatic heterocycles. The maximum absolute atomic E-state index is 5.21. The van der Waals surface area contributed by atoms with Crippen LogP contribution in [0.25, 0.3) is 0 Å². The van der Waals surface area contributed by atoms with Gasteiger partial charge in [-0.2, -0.15) is 0 Å². The van der Waals surface area contributed by atoms with E-state index in [4.69, 9.17) is 4.74 Å². The lowest BCUT2D eigenvalue weighted by molar-refractivity contribution is 0.0826. The van der Waals surface area contributed by atoms with E-state index in [-0.39, 0.29) is 0 Å². The zero-order chi connectivity index (χ0) is 11.7. The highest BCUT2D eigenvalue weighted by atomic mass is 16.5. The van der Waals surface area contributed by atoms with Gasteiger partial charge in [-0.15, -0.1) is 0 Å². The van der Waals surface area contributed by atoms with E-state index in [1.165, 1.54) is 38.9 Å². The summed E-state index contributed by atoms with van der Waals surface area (Å²) in [6.07, 6.45) is 4.18. The molecule has 2 heteroatoms. The number of hydrogen-bond donors (Lipinski definition) is 0. The molecule has 0 aromatic rings. The first kappa shape index (κ1) is 14.9. The van der Waals surface area contributed by atoms with Crippen LogP contribution in [0.2, 0.25) is 0 Å². The molecule has 15 heavy (non-hydrogen) atoms. The summed E-state index contributed by atoms with van der Waals surface area (Å²) in [5, 5.41) is 0. The molecule has 0 unspecified atom stereocenters. The normalized spacial score (nSPS) is 21.4. The van der Waals surface area contributed by atoms with Crippen molar-refractivity contribution in [2.75, 3.05) is 33.4 Å². The van der Waals surface area contributed by atoms with E-state index in [0.717, 1.165) is 6.61 Å². The lowest BCUT2D eigenvalue weighted by Crippen LogP contribution is -2.42. The summed E-state index contributed by atoms with van der Waals surface area (Å²) in [4.78, 5) is 2.55. The summed E-state index contributed by atoms with van der Waals surface area (Å²) in [7, 11) is 1.82. The van der Waals surface area contributed by atoms with E-state index in [1.54, 1.807) is 0 Å². The standard InChI is InChI=1S/C9H17NO.2C2H6/c1-11-8-9(3-4-9)7-10-5-2-6-10;2*1-2/h2-8H2,1H3;2*1-2H3. The SMILES string of the molecule is CC.CC.COCC1(CN2CCC2)CC1. The molecule has 0 N–H and O–H groups in total. The molecule has 92 valence electrons. The quantitative estimate of drug-likeness (QED) is 0.714. The van der Waals surface area contributed by atoms with Gasteiger partial charge < -0.3 is 9.64 Å². The van der Waals surface area contributed by atoms with E-state index < -0.39 is 0 Å². The Morgan fingerprint density at radius 2 is 1.60 bits per heavy atom. The van der Waals surface area contributed by atoms with Gasteiger partial charge in [-0.05, 0) is 32.4 Å². The summed E-state index contributed by atoms with van der Waals surface area (Å²) in [6, 6.07) is 0. The van der Waals surface area contributed by atoms with Crippen molar-refractivity contribution < 1.29 is 4.74 Å². The second-order valence-electron chi connectivity index (χ2n) is 4.06. The molecular formula is C13H29NO. The van der Waals surface area contributed by atoms with E-state index in [9.17, 15) is 0 Å². The highest BCUT2D eigenvalue weighted by molar-refractivity contribution is 4.96. The average Bonchev–Trinajstić information content (AvgIpc) is 3.00. The topological polar surface area (TPSA) is 12.5 Å². The van der Waals surface area contributed by atoms with Crippen molar-refractivity contribution in [3.63, 3.8) is 0 Å². The highest BCUT2D eigenvalue weighted by Crippen LogP contribution is 2.46. The van der Waals surface area contributed by atoms with Crippen molar-refractivity contribution in [1.29, 1.82) is 0 Å². The van der Waals surface area contributed by atoms with Crippen molar-refractivity contribution in [3.05, 3.63) is 0 Å². The van der Waals surface area contributed by atoms with Crippen LogP contribution in [0.5, 0.6) is 0 Å². The third kappa shape index (κ3) is 4.98. The van der Waals surface area contributed by atoms with Crippen LogP contribution in [0.1, 0.15) is 47.0 Å². The van der Waals surface area contributed by atoms with Gasteiger partial charge in [0.2, 0.25) is 0 Å². The van der Waals surface area contributed by atoms with Crippen molar-refractivity contribution in [1.82, 2.24) is 4.90 Å². The second-order valence-corrected chi connectivity index (χ2v) is 4.06. The molecular weight excluding hydrogens is 186 g/mol. The second kappa shape index (κ2) is 8.12. The largest absolute Gasteiger partial charge is 0.384 e. The number of nitrogens with zero attached hydrogens (tertiary/aromatic N) is 1. The zero-order valence-electron chi connectivity index (χ0n) is 11.3. The van der Waals surface area contributed by atoms with Crippen molar-refractivity contribution in [2.45, 2.75) is 47.0 Å². The molecule has 0 aromatic heterocycles. The van der Waals surface area contributed by atoms with Crippen molar-refractivity contribution >= 4 is 0 Å². The van der Waals surface area contributed by atoms with Gasteiger partial charge in [0.1, 0.15) is 0 Å². The molecule has 2 nitrogen and oxygen atoms in total. The number of methoxy groups -OCH3 is 1. The fourth-order valence-electron chi connectivity index (χ4n) is 1.85. The summed E-state index contributed by atoms with van der Waals surface area (Å²) >= 11 is 0. The van der Waals surface area contributed by atoms with Gasteiger partial charge in [0.05, 0.1) is 6.61 Å². The minimum Gasteiger partial charge on any atom is -0.384 e. The van der Waals surface area contributed by atoms with Crippen LogP contribution in [0.3, 0.4) is 0 Å². The van der Waals surface area contributed by atoms with Gasteiger partial charge in [-0.25, -0.2) is 0 Å². The molecule has 2 rings (SSSR count). The summed E-state index contributed by atoms with van der Waals surface area (Å²) in [5.74, 6) is 0. The molecule has 0 bridgehead atoms. The smallest absolute Gasteiger partial charge is 0.0530 e. The first-order valence-electron chi connectivity index (χ1n) is 6.56. The lowest BCUT2D eigenvalue weighted by Gasteiger charge is -2.34. The Balaban J connectivity index is 0.000000442. The predicted octanol–water partition coefficient (Wildman–Crippen LogP) is 3.17. The van der Waals surface area contributed by atoms with Gasteiger partial charge in [-0.3, -0.25) is 0 Å². The maximum Gasteiger partial charge on any atom is 0.0530 e. The Hall–Kier alpha value is -0.0800. The fraction of sp³-hybridized carbons (Fsp3) is 1.00. The molecule has 0 aromatic carbocycles. The van der Waals surface area contributed by atoms with Crippen molar-refractivity contribution in [3.8, 4) is 0 Å². The predicted molar refractivity (Wildman–Crippen MR) is 67.3 cm³/mol. The zero-order valence-corrected chi connectivity index (χ0v) is 11.3. The van der Waals surface area contributed by atoms with Crippen LogP contribution < -0.4 is 0 Å². The van der Waals surface area contributed by atoms with E-state index in [2.05, 4.69) is 4.90 Å². The minimum atomic E-state index is 0.579. The minimum absolute atomic E-state index is 0.579. The Morgan fingerprint density at radius 1 is 1.07 bits per heavy atom. The molecule has 1 heterocycles. The highest BCUT2D eigenvalue weighted by Gasteiger charge is 2.44. The average molecular weight is 215 g/mol. The van der Waals surface area contributed by atoms with E-state index in [0.29, 0.717) is 5.41 Å². The fourth-order valence-corrected chi connectivity index (χ4v) is 1.85. The van der Waals surface area contributed by atoms with Crippen LogP contribution >= 0.6 is 0 Å². The van der Waals surface area contributed by atoms with Crippen LogP contribution in [-0.2, 0) is 4.74 Å². The summed E-state index contributed by atoms with van der Waals surface area (Å²) in [5.41, 5.74) is 0.579. The van der Waals surface area contributed by atoms with Crippen LogP contribution in [0, 0.1) is 5.41 Å². The van der Waals surface area contributed by atoms with E-state index >= 15 is 0 Å². The summed E-state index contributed by atoms with van der Waals surface area (Å²) in [6.45, 7) is 12.9. The summed E-state index contributed by atoms with van der Waals surface area (Å²) < 4.78 is 5.21. The molecule has 0 atom stereocenters. The number of hydrogen-bond acceptors (Lipinski definition) is 2. The molecule has 1 saturated carbocycles. The van der Waals surface area contributed by atoms with Gasteiger partial charge >= 0.3 is 0 Å².